The molecule has 1 heterocycles. The van der Waals surface area contributed by atoms with E-state index in [1.807, 2.05) is 0 Å². The summed E-state index contributed by atoms with van der Waals surface area (Å²) in [6.07, 6.45) is 5.09. The van der Waals surface area contributed by atoms with Gasteiger partial charge in [0, 0.05) is 18.7 Å². The molecule has 1 saturated heterocycles. The predicted molar refractivity (Wildman–Crippen MR) is 85.9 cm³/mol. The van der Waals surface area contributed by atoms with Crippen molar-refractivity contribution in [3.8, 4) is 5.75 Å². The Hall–Kier alpha value is -0.190. The van der Waals surface area contributed by atoms with E-state index in [1.165, 1.54) is 12.8 Å². The fourth-order valence-electron chi connectivity index (χ4n) is 2.44. The third-order valence-corrected chi connectivity index (χ3v) is 4.82. The molecule has 2 unspecified atom stereocenters. The molecule has 0 aromatic heterocycles. The van der Waals surface area contributed by atoms with E-state index < -0.39 is 0 Å². The van der Waals surface area contributed by atoms with Crippen LogP contribution in [0.1, 0.15) is 25.7 Å². The van der Waals surface area contributed by atoms with Gasteiger partial charge in [0.15, 0.2) is 0 Å². The van der Waals surface area contributed by atoms with Crippen molar-refractivity contribution in [1.29, 1.82) is 0 Å². The Morgan fingerprint density at radius 1 is 1.00 bits per heavy atom. The molecule has 6 heteroatoms. The van der Waals surface area contributed by atoms with Crippen molar-refractivity contribution in [2.24, 2.45) is 0 Å². The highest BCUT2D eigenvalue weighted by molar-refractivity contribution is 6.43. The molecule has 1 aromatic carbocycles. The SMILES string of the molecule is Clc1cc(Cl)c(OCC2CCC(CNC3CC3)O2)cc1Cl. The summed E-state index contributed by atoms with van der Waals surface area (Å²) in [6, 6.07) is 3.96. The third kappa shape index (κ3) is 4.40. The summed E-state index contributed by atoms with van der Waals surface area (Å²) < 4.78 is 11.7. The molecule has 1 saturated carbocycles. The minimum Gasteiger partial charge on any atom is -0.489 e. The van der Waals surface area contributed by atoms with E-state index >= 15 is 0 Å². The molecule has 1 aromatic rings. The molecule has 3 rings (SSSR count). The van der Waals surface area contributed by atoms with Crippen LogP contribution in [0.25, 0.3) is 0 Å². The van der Waals surface area contributed by atoms with Gasteiger partial charge < -0.3 is 14.8 Å². The summed E-state index contributed by atoms with van der Waals surface area (Å²) in [5.74, 6) is 0.550. The number of nitrogens with one attached hydrogen (secondary N) is 1. The number of hydrogen-bond donors (Lipinski definition) is 1. The quantitative estimate of drug-likeness (QED) is 0.775. The van der Waals surface area contributed by atoms with Gasteiger partial charge in [0.2, 0.25) is 0 Å². The number of halogens is 3. The van der Waals surface area contributed by atoms with Crippen LogP contribution in [-0.2, 0) is 4.74 Å². The minimum absolute atomic E-state index is 0.113. The van der Waals surface area contributed by atoms with Gasteiger partial charge in [0.05, 0.1) is 27.3 Å². The minimum atomic E-state index is 0.113. The normalized spacial score (nSPS) is 25.3. The second-order valence-electron chi connectivity index (χ2n) is 5.65. The topological polar surface area (TPSA) is 30.5 Å². The standard InChI is InChI=1S/C15H18Cl3NO2/c16-12-5-14(18)15(6-13(12)17)20-8-11-4-3-10(21-11)7-19-9-1-2-9/h5-6,9-11,19H,1-4,7-8H2. The summed E-state index contributed by atoms with van der Waals surface area (Å²) >= 11 is 18.0. The molecular formula is C15H18Cl3NO2. The van der Waals surface area contributed by atoms with E-state index in [0.29, 0.717) is 33.5 Å². The van der Waals surface area contributed by atoms with Crippen LogP contribution >= 0.6 is 34.8 Å². The predicted octanol–water partition coefficient (Wildman–Crippen LogP) is 4.33. The average molecular weight is 351 g/mol. The zero-order valence-corrected chi connectivity index (χ0v) is 13.8. The maximum Gasteiger partial charge on any atom is 0.139 e. The van der Waals surface area contributed by atoms with Gasteiger partial charge in [-0.05, 0) is 31.7 Å². The van der Waals surface area contributed by atoms with Crippen molar-refractivity contribution in [2.75, 3.05) is 13.2 Å². The summed E-state index contributed by atoms with van der Waals surface area (Å²) in [6.45, 7) is 1.42. The Morgan fingerprint density at radius 2 is 1.71 bits per heavy atom. The number of hydrogen-bond acceptors (Lipinski definition) is 3. The van der Waals surface area contributed by atoms with E-state index in [0.717, 1.165) is 25.4 Å². The van der Waals surface area contributed by atoms with Crippen LogP contribution < -0.4 is 10.1 Å². The molecule has 0 amide bonds. The monoisotopic (exact) mass is 349 g/mol. The van der Waals surface area contributed by atoms with E-state index in [-0.39, 0.29) is 6.10 Å². The highest BCUT2D eigenvalue weighted by atomic mass is 35.5. The van der Waals surface area contributed by atoms with Crippen LogP contribution in [0.3, 0.4) is 0 Å². The maximum atomic E-state index is 6.09. The number of rotatable bonds is 6. The molecule has 1 N–H and O–H groups in total. The Morgan fingerprint density at radius 3 is 2.48 bits per heavy atom. The molecular weight excluding hydrogens is 333 g/mol. The van der Waals surface area contributed by atoms with Gasteiger partial charge in [0.1, 0.15) is 12.4 Å². The summed E-state index contributed by atoms with van der Waals surface area (Å²) in [7, 11) is 0. The lowest BCUT2D eigenvalue weighted by Gasteiger charge is -2.16. The fourth-order valence-corrected chi connectivity index (χ4v) is 3.03. The lowest BCUT2D eigenvalue weighted by Crippen LogP contribution is -2.29. The van der Waals surface area contributed by atoms with Crippen molar-refractivity contribution in [1.82, 2.24) is 5.32 Å². The lowest BCUT2D eigenvalue weighted by atomic mass is 10.2. The average Bonchev–Trinajstić information content (AvgIpc) is 3.18. The number of benzene rings is 1. The molecule has 2 atom stereocenters. The van der Waals surface area contributed by atoms with Crippen LogP contribution in [-0.4, -0.2) is 31.4 Å². The van der Waals surface area contributed by atoms with E-state index in [4.69, 9.17) is 44.3 Å². The van der Waals surface area contributed by atoms with E-state index in [2.05, 4.69) is 5.32 Å². The second kappa shape index (κ2) is 6.93. The molecule has 21 heavy (non-hydrogen) atoms. The smallest absolute Gasteiger partial charge is 0.139 e. The molecule has 0 radical (unpaired) electrons. The maximum absolute atomic E-state index is 6.09. The van der Waals surface area contributed by atoms with Crippen LogP contribution in [0.2, 0.25) is 15.1 Å². The Kier molecular flexibility index (Phi) is 5.18. The lowest BCUT2D eigenvalue weighted by molar-refractivity contribution is 0.0184. The Labute approximate surface area is 139 Å². The first-order valence-corrected chi connectivity index (χ1v) is 8.41. The first-order chi connectivity index (χ1) is 10.1. The van der Waals surface area contributed by atoms with Gasteiger partial charge in [-0.2, -0.15) is 0 Å². The van der Waals surface area contributed by atoms with Crippen molar-refractivity contribution in [2.45, 2.75) is 43.9 Å². The molecule has 0 spiro atoms. The van der Waals surface area contributed by atoms with Gasteiger partial charge in [0.25, 0.3) is 0 Å². The summed E-state index contributed by atoms with van der Waals surface area (Å²) in [5.41, 5.74) is 0. The molecule has 116 valence electrons. The Balaban J connectivity index is 1.46. The first kappa shape index (κ1) is 15.7. The van der Waals surface area contributed by atoms with E-state index in [1.54, 1.807) is 12.1 Å². The molecule has 1 aliphatic carbocycles. The van der Waals surface area contributed by atoms with Gasteiger partial charge in [-0.1, -0.05) is 34.8 Å². The zero-order valence-electron chi connectivity index (χ0n) is 11.6. The van der Waals surface area contributed by atoms with Crippen LogP contribution in [0.5, 0.6) is 5.75 Å². The van der Waals surface area contributed by atoms with E-state index in [9.17, 15) is 0 Å². The molecule has 2 fully saturated rings. The van der Waals surface area contributed by atoms with Gasteiger partial charge in [-0.3, -0.25) is 0 Å². The molecule has 1 aliphatic heterocycles. The van der Waals surface area contributed by atoms with Crippen LogP contribution in [0, 0.1) is 0 Å². The fraction of sp³-hybridized carbons (Fsp3) is 0.600. The Bertz CT molecular complexity index is 508. The highest BCUT2D eigenvalue weighted by Gasteiger charge is 2.28. The van der Waals surface area contributed by atoms with Gasteiger partial charge >= 0.3 is 0 Å². The number of ether oxygens (including phenoxy) is 2. The molecule has 0 bridgehead atoms. The third-order valence-electron chi connectivity index (χ3n) is 3.81. The van der Waals surface area contributed by atoms with Crippen LogP contribution in [0.15, 0.2) is 12.1 Å². The van der Waals surface area contributed by atoms with Crippen molar-refractivity contribution < 1.29 is 9.47 Å². The molecule has 3 nitrogen and oxygen atoms in total. The van der Waals surface area contributed by atoms with Crippen molar-refractivity contribution >= 4 is 34.8 Å². The summed E-state index contributed by atoms with van der Waals surface area (Å²) in [5, 5.41) is 4.83. The summed E-state index contributed by atoms with van der Waals surface area (Å²) in [4.78, 5) is 0. The molecule has 2 aliphatic rings. The highest BCUT2D eigenvalue weighted by Crippen LogP contribution is 2.34. The second-order valence-corrected chi connectivity index (χ2v) is 6.87. The van der Waals surface area contributed by atoms with Crippen molar-refractivity contribution in [3.63, 3.8) is 0 Å². The largest absolute Gasteiger partial charge is 0.489 e. The first-order valence-electron chi connectivity index (χ1n) is 7.28. The van der Waals surface area contributed by atoms with Gasteiger partial charge in [-0.25, -0.2) is 0 Å². The van der Waals surface area contributed by atoms with Gasteiger partial charge in [-0.15, -0.1) is 0 Å². The zero-order chi connectivity index (χ0) is 14.8. The van der Waals surface area contributed by atoms with Crippen LogP contribution in [0.4, 0.5) is 0 Å². The van der Waals surface area contributed by atoms with Crippen molar-refractivity contribution in [3.05, 3.63) is 27.2 Å².